The van der Waals surface area contributed by atoms with Crippen LogP contribution in [0.15, 0.2) is 97.3 Å². The standard InChI is InChI=1S/C66H88N10O6/c1-45-12-16-49(17-13-45)24-51-26-59-63(69-29-51)65(5,6)43-75(59)61(77)39-73-33-47(3)67-31-53(73)35-71-20-22-79-57(37-71)41-81-55-10-9-11-56(28-55)82-42-58-38-72(21-23-80-58)36-54-32-68-48(4)34-74(54)40-62(78)76-44-66(7,8)64-60(76)27-52(30-70-64)25-50-18-14-46(2)15-19-50/h9-19,26-30,47-48,53-54,57-58,67-68H,20-25,31-44H2,1-8H3/t47-,48-,53-,54-,57+,58+/m1/s1. The molecule has 0 spiro atoms. The van der Waals surface area contributed by atoms with Crippen molar-refractivity contribution in [3.8, 4) is 11.5 Å². The van der Waals surface area contributed by atoms with Crippen molar-refractivity contribution in [3.63, 3.8) is 0 Å². The van der Waals surface area contributed by atoms with E-state index in [1.807, 2.05) is 46.5 Å². The molecule has 4 fully saturated rings. The number of piperazine rings is 2. The Morgan fingerprint density at radius 3 is 1.44 bits per heavy atom. The molecule has 3 aromatic carbocycles. The first kappa shape index (κ1) is 58.0. The van der Waals surface area contributed by atoms with Gasteiger partial charge in [-0.1, -0.05) is 93.4 Å². The highest BCUT2D eigenvalue weighted by atomic mass is 16.5. The van der Waals surface area contributed by atoms with Crippen LogP contribution in [0, 0.1) is 13.8 Å². The first-order valence-corrected chi connectivity index (χ1v) is 30.2. The molecule has 2 aromatic heterocycles. The van der Waals surface area contributed by atoms with Crippen molar-refractivity contribution in [1.29, 1.82) is 0 Å². The lowest BCUT2D eigenvalue weighted by Gasteiger charge is -2.43. The van der Waals surface area contributed by atoms with E-state index >= 15 is 0 Å². The smallest absolute Gasteiger partial charge is 0.241 e. The quantitative estimate of drug-likeness (QED) is 0.1000. The highest BCUT2D eigenvalue weighted by Gasteiger charge is 2.43. The van der Waals surface area contributed by atoms with Crippen LogP contribution in [-0.4, -0.2) is 196 Å². The topological polar surface area (TPSA) is 140 Å². The molecule has 0 radical (unpaired) electrons. The van der Waals surface area contributed by atoms with Crippen molar-refractivity contribution in [1.82, 2.24) is 40.2 Å². The number of nitrogens with zero attached hydrogens (tertiary/aromatic N) is 8. The maximum Gasteiger partial charge on any atom is 0.241 e. The molecule has 16 heteroatoms. The van der Waals surface area contributed by atoms with Crippen LogP contribution in [0.5, 0.6) is 11.5 Å². The van der Waals surface area contributed by atoms with Crippen molar-refractivity contribution in [3.05, 3.63) is 142 Å². The molecule has 6 aliphatic heterocycles. The van der Waals surface area contributed by atoms with Gasteiger partial charge in [0.25, 0.3) is 0 Å². The van der Waals surface area contributed by atoms with E-state index < -0.39 is 0 Å². The van der Waals surface area contributed by atoms with Gasteiger partial charge >= 0.3 is 0 Å². The van der Waals surface area contributed by atoms with E-state index in [1.165, 1.54) is 22.3 Å². The average molecular weight is 1120 g/mol. The van der Waals surface area contributed by atoms with Gasteiger partial charge in [0.2, 0.25) is 11.8 Å². The van der Waals surface area contributed by atoms with Gasteiger partial charge in [0.15, 0.2) is 0 Å². The summed E-state index contributed by atoms with van der Waals surface area (Å²) in [6, 6.07) is 30.4. The van der Waals surface area contributed by atoms with Crippen molar-refractivity contribution in [2.75, 3.05) is 128 Å². The Morgan fingerprint density at radius 2 is 1.01 bits per heavy atom. The number of carbonyl (C=O) groups excluding carboxylic acids is 2. The molecular formula is C66H88N10O6. The van der Waals surface area contributed by atoms with Gasteiger partial charge in [-0.2, -0.15) is 0 Å². The number of nitrogens with one attached hydrogen (secondary N) is 2. The Kier molecular flexibility index (Phi) is 17.8. The first-order valence-electron chi connectivity index (χ1n) is 30.2. The fourth-order valence-electron chi connectivity index (χ4n) is 13.1. The van der Waals surface area contributed by atoms with E-state index in [0.29, 0.717) is 52.6 Å². The van der Waals surface area contributed by atoms with Crippen molar-refractivity contribution < 1.29 is 28.5 Å². The Hall–Kier alpha value is -5.82. The summed E-state index contributed by atoms with van der Waals surface area (Å²) in [5, 5.41) is 7.40. The summed E-state index contributed by atoms with van der Waals surface area (Å²) in [5.41, 5.74) is 10.6. The molecule has 2 amide bonds. The zero-order valence-corrected chi connectivity index (χ0v) is 49.9. The third kappa shape index (κ3) is 14.0. The molecule has 4 saturated heterocycles. The number of rotatable bonds is 18. The van der Waals surface area contributed by atoms with Crippen LogP contribution < -0.4 is 29.9 Å². The molecule has 0 unspecified atom stereocenters. The molecule has 0 bridgehead atoms. The zero-order valence-electron chi connectivity index (χ0n) is 49.9. The van der Waals surface area contributed by atoms with Gasteiger partial charge < -0.3 is 39.4 Å². The molecule has 8 heterocycles. The fraction of sp³-hybridized carbons (Fsp3) is 0.545. The molecule has 438 valence electrons. The minimum Gasteiger partial charge on any atom is -0.491 e. The molecule has 5 aromatic rings. The van der Waals surface area contributed by atoms with Gasteiger partial charge in [0, 0.05) is 132 Å². The van der Waals surface area contributed by atoms with Crippen LogP contribution >= 0.6 is 0 Å². The number of aryl methyl sites for hydroxylation is 2. The number of hydrogen-bond donors (Lipinski definition) is 2. The lowest BCUT2D eigenvalue weighted by molar-refractivity contribution is -0.121. The zero-order chi connectivity index (χ0) is 57.1. The molecule has 16 nitrogen and oxygen atoms in total. The number of pyridine rings is 2. The van der Waals surface area contributed by atoms with Gasteiger partial charge in [0.05, 0.1) is 49.1 Å². The van der Waals surface area contributed by atoms with Crippen molar-refractivity contribution in [2.45, 2.75) is 115 Å². The van der Waals surface area contributed by atoms with E-state index in [1.54, 1.807) is 0 Å². The van der Waals surface area contributed by atoms with E-state index in [-0.39, 0.29) is 59.0 Å². The second-order valence-electron chi connectivity index (χ2n) is 25.9. The number of amides is 2. The summed E-state index contributed by atoms with van der Waals surface area (Å²) < 4.78 is 25.4. The molecule has 0 aliphatic carbocycles. The predicted octanol–water partition coefficient (Wildman–Crippen LogP) is 6.41. The average Bonchev–Trinajstić information content (AvgIpc) is 3.92. The summed E-state index contributed by atoms with van der Waals surface area (Å²) in [6.45, 7) is 29.5. The normalized spacial score (nSPS) is 25.0. The van der Waals surface area contributed by atoms with Crippen LogP contribution in [0.2, 0.25) is 0 Å². The Balaban J connectivity index is 0.644. The first-order chi connectivity index (χ1) is 39.5. The van der Waals surface area contributed by atoms with Crippen LogP contribution in [0.3, 0.4) is 0 Å². The molecular weight excluding hydrogens is 1030 g/mol. The lowest BCUT2D eigenvalue weighted by atomic mass is 9.91. The van der Waals surface area contributed by atoms with Crippen LogP contribution in [0.1, 0.15) is 86.3 Å². The Bertz CT molecular complexity index is 2810. The third-order valence-corrected chi connectivity index (χ3v) is 17.7. The van der Waals surface area contributed by atoms with Crippen molar-refractivity contribution in [2.24, 2.45) is 0 Å². The Morgan fingerprint density at radius 1 is 0.585 bits per heavy atom. The van der Waals surface area contributed by atoms with E-state index in [0.717, 1.165) is 124 Å². The van der Waals surface area contributed by atoms with E-state index in [2.05, 4.69) is 146 Å². The van der Waals surface area contributed by atoms with E-state index in [4.69, 9.17) is 28.9 Å². The summed E-state index contributed by atoms with van der Waals surface area (Å²) in [6.07, 6.45) is 5.33. The lowest BCUT2D eigenvalue weighted by Crippen LogP contribution is -2.61. The molecule has 6 aliphatic rings. The summed E-state index contributed by atoms with van der Waals surface area (Å²) >= 11 is 0. The monoisotopic (exact) mass is 1120 g/mol. The van der Waals surface area contributed by atoms with Crippen LogP contribution in [-0.2, 0) is 42.7 Å². The van der Waals surface area contributed by atoms with Crippen LogP contribution in [0.4, 0.5) is 11.4 Å². The maximum absolute atomic E-state index is 14.4. The number of morpholine rings is 2. The SMILES string of the molecule is Cc1ccc(Cc2cnc3c(c2)N(C(=O)CN2C[C@@H](C)NC[C@@H]2CN2CCO[C@H](COc4cccc(OC[C@@H]5CN(C[C@H]6CN[C@H](C)CN6CC(=O)N6CC(C)(C)c7ncc(Cc8ccc(C)cc8)cc76)CCO5)c4)C2)CC3(C)C)cc1. The Labute approximate surface area is 486 Å². The molecule has 11 rings (SSSR count). The summed E-state index contributed by atoms with van der Waals surface area (Å²) in [4.78, 5) is 52.5. The number of hydrogen-bond acceptors (Lipinski definition) is 14. The van der Waals surface area contributed by atoms with Gasteiger partial charge in [-0.25, -0.2) is 0 Å². The number of aromatic nitrogens is 2. The molecule has 2 N–H and O–H groups in total. The second kappa shape index (κ2) is 25.2. The van der Waals surface area contributed by atoms with Gasteiger partial charge in [-0.15, -0.1) is 0 Å². The highest BCUT2D eigenvalue weighted by Crippen LogP contribution is 2.41. The number of benzene rings is 3. The van der Waals surface area contributed by atoms with Gasteiger partial charge in [-0.05, 0) is 87.1 Å². The number of carbonyl (C=O) groups is 2. The van der Waals surface area contributed by atoms with Crippen LogP contribution in [0.25, 0.3) is 0 Å². The third-order valence-electron chi connectivity index (χ3n) is 17.7. The van der Waals surface area contributed by atoms with Gasteiger partial charge in [0.1, 0.15) is 36.9 Å². The second-order valence-corrected chi connectivity index (χ2v) is 25.9. The fourth-order valence-corrected chi connectivity index (χ4v) is 13.1. The number of ether oxygens (including phenoxy) is 4. The predicted molar refractivity (Wildman–Crippen MR) is 323 cm³/mol. The largest absolute Gasteiger partial charge is 0.491 e. The number of anilines is 2. The van der Waals surface area contributed by atoms with E-state index in [9.17, 15) is 9.59 Å². The number of fused-ring (bicyclic) bond motifs is 2. The summed E-state index contributed by atoms with van der Waals surface area (Å²) in [5.74, 6) is 1.72. The highest BCUT2D eigenvalue weighted by molar-refractivity contribution is 5.98. The molecule has 6 atom stereocenters. The summed E-state index contributed by atoms with van der Waals surface area (Å²) in [7, 11) is 0. The minimum atomic E-state index is -0.230. The molecule has 0 saturated carbocycles. The van der Waals surface area contributed by atoms with Gasteiger partial charge in [-0.3, -0.25) is 39.2 Å². The van der Waals surface area contributed by atoms with Crippen molar-refractivity contribution >= 4 is 23.2 Å². The maximum atomic E-state index is 14.4. The minimum absolute atomic E-state index is 0.101. The molecule has 82 heavy (non-hydrogen) atoms.